The van der Waals surface area contributed by atoms with E-state index in [1.54, 1.807) is 6.92 Å². The molecule has 2 atom stereocenters. The number of hydrogen-bond donors (Lipinski definition) is 2. The molecule has 1 aromatic carbocycles. The van der Waals surface area contributed by atoms with E-state index in [1.807, 2.05) is 5.43 Å². The van der Waals surface area contributed by atoms with Crippen LogP contribution in [0.5, 0.6) is 0 Å². The molecule has 2 rings (SSSR count). The van der Waals surface area contributed by atoms with E-state index in [1.165, 1.54) is 0 Å². The van der Waals surface area contributed by atoms with Crippen LogP contribution in [0.25, 0.3) is 0 Å². The van der Waals surface area contributed by atoms with Crippen molar-refractivity contribution in [2.75, 3.05) is 6.61 Å². The first-order valence-electron chi connectivity index (χ1n) is 7.61. The molecule has 25 heavy (non-hydrogen) atoms. The van der Waals surface area contributed by atoms with Gasteiger partial charge in [-0.1, -0.05) is 13.0 Å². The van der Waals surface area contributed by atoms with Crippen molar-refractivity contribution in [3.63, 3.8) is 0 Å². The van der Waals surface area contributed by atoms with Crippen molar-refractivity contribution in [3.05, 3.63) is 29.8 Å². The molecule has 1 aliphatic rings. The Morgan fingerprint density at radius 3 is 2.68 bits per heavy atom. The standard InChI is InChI=1S/C15H19F3N2O4S/c1-2-14(6-7-24-12(9-14)13(21)20-19)25(22,23)11-5-3-4-10(8-11)15(16,17)18/h3-5,8,12H,2,6-7,9,19H2,1H3,(H,20,21). The number of sulfone groups is 1. The van der Waals surface area contributed by atoms with Gasteiger partial charge in [0.25, 0.3) is 5.91 Å². The van der Waals surface area contributed by atoms with Crippen molar-refractivity contribution >= 4 is 15.7 Å². The molecule has 140 valence electrons. The average molecular weight is 380 g/mol. The highest BCUT2D eigenvalue weighted by molar-refractivity contribution is 7.92. The summed E-state index contributed by atoms with van der Waals surface area (Å²) in [6, 6.07) is 3.63. The number of halogens is 3. The third-order valence-electron chi connectivity index (χ3n) is 4.55. The van der Waals surface area contributed by atoms with Gasteiger partial charge in [0.15, 0.2) is 9.84 Å². The van der Waals surface area contributed by atoms with Crippen molar-refractivity contribution < 1.29 is 31.1 Å². The molecule has 0 spiro atoms. The van der Waals surface area contributed by atoms with Gasteiger partial charge in [-0.25, -0.2) is 14.3 Å². The lowest BCUT2D eigenvalue weighted by Gasteiger charge is -2.39. The number of carbonyl (C=O) groups excluding carboxylic acids is 1. The van der Waals surface area contributed by atoms with Gasteiger partial charge < -0.3 is 4.74 Å². The molecule has 3 N–H and O–H groups in total. The van der Waals surface area contributed by atoms with Crippen molar-refractivity contribution in [2.45, 2.75) is 48.1 Å². The topological polar surface area (TPSA) is 98.5 Å². The van der Waals surface area contributed by atoms with E-state index >= 15 is 0 Å². The van der Waals surface area contributed by atoms with Gasteiger partial charge >= 0.3 is 6.18 Å². The van der Waals surface area contributed by atoms with Crippen LogP contribution >= 0.6 is 0 Å². The molecule has 1 saturated heterocycles. The monoisotopic (exact) mass is 380 g/mol. The molecule has 1 amide bonds. The first-order valence-corrected chi connectivity index (χ1v) is 9.09. The molecular weight excluding hydrogens is 361 g/mol. The smallest absolute Gasteiger partial charge is 0.368 e. The van der Waals surface area contributed by atoms with Gasteiger partial charge in [0, 0.05) is 13.0 Å². The van der Waals surface area contributed by atoms with E-state index in [2.05, 4.69) is 0 Å². The summed E-state index contributed by atoms with van der Waals surface area (Å²) in [5, 5.41) is 0. The highest BCUT2D eigenvalue weighted by Gasteiger charge is 2.49. The number of carbonyl (C=O) groups is 1. The van der Waals surface area contributed by atoms with Crippen LogP contribution < -0.4 is 11.3 Å². The number of nitrogens with two attached hydrogens (primary N) is 1. The summed E-state index contributed by atoms with van der Waals surface area (Å²) >= 11 is 0. The van der Waals surface area contributed by atoms with Crippen molar-refractivity contribution in [3.8, 4) is 0 Å². The largest absolute Gasteiger partial charge is 0.416 e. The molecule has 0 bridgehead atoms. The quantitative estimate of drug-likeness (QED) is 0.471. The molecule has 1 aromatic rings. The Morgan fingerprint density at radius 2 is 2.12 bits per heavy atom. The fourth-order valence-corrected chi connectivity index (χ4v) is 5.13. The zero-order valence-corrected chi connectivity index (χ0v) is 14.3. The maximum absolute atomic E-state index is 13.1. The third kappa shape index (κ3) is 3.65. The third-order valence-corrected chi connectivity index (χ3v) is 7.23. The number of rotatable bonds is 4. The molecule has 1 aliphatic heterocycles. The Labute approximate surface area is 143 Å². The molecule has 0 aliphatic carbocycles. The molecule has 2 unspecified atom stereocenters. The highest BCUT2D eigenvalue weighted by Crippen LogP contribution is 2.41. The van der Waals surface area contributed by atoms with Gasteiger partial charge in [-0.3, -0.25) is 10.2 Å². The summed E-state index contributed by atoms with van der Waals surface area (Å²) in [5.74, 6) is 4.40. The van der Waals surface area contributed by atoms with Crippen LogP contribution in [0.2, 0.25) is 0 Å². The van der Waals surface area contributed by atoms with E-state index in [-0.39, 0.29) is 25.9 Å². The molecule has 0 aromatic heterocycles. The van der Waals surface area contributed by atoms with Crippen LogP contribution in [-0.2, 0) is 25.5 Å². The number of ether oxygens (including phenoxy) is 1. The van der Waals surface area contributed by atoms with Gasteiger partial charge in [-0.15, -0.1) is 0 Å². The van der Waals surface area contributed by atoms with Gasteiger partial charge in [-0.05, 0) is 31.0 Å². The summed E-state index contributed by atoms with van der Waals surface area (Å²) in [6.45, 7) is 1.61. The minimum absolute atomic E-state index is 0.00980. The fourth-order valence-electron chi connectivity index (χ4n) is 2.99. The summed E-state index contributed by atoms with van der Waals surface area (Å²) in [7, 11) is -4.13. The number of alkyl halides is 3. The second-order valence-electron chi connectivity index (χ2n) is 5.89. The van der Waals surface area contributed by atoms with Crippen LogP contribution in [0.3, 0.4) is 0 Å². The molecule has 0 radical (unpaired) electrons. The Morgan fingerprint density at radius 1 is 1.44 bits per heavy atom. The minimum atomic E-state index is -4.65. The summed E-state index contributed by atoms with van der Waals surface area (Å²) in [5.41, 5.74) is 0.870. The van der Waals surface area contributed by atoms with Crippen molar-refractivity contribution in [2.24, 2.45) is 5.84 Å². The highest BCUT2D eigenvalue weighted by atomic mass is 32.2. The first-order chi connectivity index (χ1) is 11.6. The van der Waals surface area contributed by atoms with Crippen LogP contribution in [0, 0.1) is 0 Å². The Kier molecular flexibility index (Phi) is 5.45. The van der Waals surface area contributed by atoms with Gasteiger partial charge in [0.1, 0.15) is 6.10 Å². The second-order valence-corrected chi connectivity index (χ2v) is 8.23. The number of nitrogens with one attached hydrogen (secondary N) is 1. The van der Waals surface area contributed by atoms with Gasteiger partial charge in [0.05, 0.1) is 15.2 Å². The lowest BCUT2D eigenvalue weighted by Crippen LogP contribution is -2.52. The second kappa shape index (κ2) is 6.93. The molecule has 1 heterocycles. The van der Waals surface area contributed by atoms with E-state index in [0.29, 0.717) is 6.07 Å². The molecule has 1 fully saturated rings. The summed E-state index contributed by atoms with van der Waals surface area (Å²) in [4.78, 5) is 11.3. The lowest BCUT2D eigenvalue weighted by atomic mass is 9.91. The normalized spacial score (nSPS) is 24.8. The minimum Gasteiger partial charge on any atom is -0.368 e. The maximum Gasteiger partial charge on any atom is 0.416 e. The predicted molar refractivity (Wildman–Crippen MR) is 83.0 cm³/mol. The average Bonchev–Trinajstić information content (AvgIpc) is 2.60. The van der Waals surface area contributed by atoms with Crippen LogP contribution in [0.4, 0.5) is 13.2 Å². The molecular formula is C15H19F3N2O4S. The summed E-state index contributed by atoms with van der Waals surface area (Å²) in [6.07, 6.45) is -5.69. The molecule has 6 nitrogen and oxygen atoms in total. The SMILES string of the molecule is CCC1(S(=O)(=O)c2cccc(C(F)(F)F)c2)CCOC(C(=O)NN)C1. The summed E-state index contributed by atoms with van der Waals surface area (Å²) < 4.78 is 68.8. The zero-order chi connectivity index (χ0) is 18.9. The maximum atomic E-state index is 13.1. The Bertz CT molecular complexity index is 751. The Hall–Kier alpha value is -1.65. The van der Waals surface area contributed by atoms with Crippen LogP contribution in [-0.4, -0.2) is 31.8 Å². The van der Waals surface area contributed by atoms with Crippen molar-refractivity contribution in [1.82, 2.24) is 5.43 Å². The number of hydrogen-bond acceptors (Lipinski definition) is 5. The van der Waals surface area contributed by atoms with Gasteiger partial charge in [-0.2, -0.15) is 13.2 Å². The molecule has 0 saturated carbocycles. The number of benzene rings is 1. The van der Waals surface area contributed by atoms with Crippen LogP contribution in [0.15, 0.2) is 29.2 Å². The fraction of sp³-hybridized carbons (Fsp3) is 0.533. The molecule has 10 heteroatoms. The lowest BCUT2D eigenvalue weighted by molar-refractivity contribution is -0.138. The van der Waals surface area contributed by atoms with E-state index < -0.39 is 43.2 Å². The van der Waals surface area contributed by atoms with Gasteiger partial charge in [0.2, 0.25) is 0 Å². The van der Waals surface area contributed by atoms with Crippen molar-refractivity contribution in [1.29, 1.82) is 0 Å². The first kappa shape index (κ1) is 19.7. The van der Waals surface area contributed by atoms with E-state index in [0.717, 1.165) is 18.2 Å². The van der Waals surface area contributed by atoms with Crippen LogP contribution in [0.1, 0.15) is 31.7 Å². The van der Waals surface area contributed by atoms with E-state index in [4.69, 9.17) is 10.6 Å². The predicted octanol–water partition coefficient (Wildman–Crippen LogP) is 1.80. The zero-order valence-electron chi connectivity index (χ0n) is 13.5. The number of amides is 1. The van der Waals surface area contributed by atoms with E-state index in [9.17, 15) is 26.4 Å². The number of hydrazine groups is 1. The Balaban J connectivity index is 2.47.